The van der Waals surface area contributed by atoms with Gasteiger partial charge < -0.3 is 19.4 Å². The lowest BCUT2D eigenvalue weighted by molar-refractivity contribution is -0.149. The molecule has 0 saturated heterocycles. The number of nitrogens with one attached hydrogen (secondary N) is 2. The first-order valence-electron chi connectivity index (χ1n) is 14.4. The van der Waals surface area contributed by atoms with E-state index in [2.05, 4.69) is 9.71 Å². The van der Waals surface area contributed by atoms with E-state index in [0.29, 0.717) is 23.7 Å². The zero-order valence-electron chi connectivity index (χ0n) is 24.8. The Morgan fingerprint density at radius 2 is 1.84 bits per heavy atom. The minimum absolute atomic E-state index is 0.00233. The number of pyridine rings is 1. The van der Waals surface area contributed by atoms with Gasteiger partial charge in [0.1, 0.15) is 30.7 Å². The molecule has 1 aliphatic rings. The summed E-state index contributed by atoms with van der Waals surface area (Å²) < 4.78 is 41.6. The molecular weight excluding hydrogens is 618 g/mol. The Bertz CT molecular complexity index is 1880. The van der Waals surface area contributed by atoms with Crippen molar-refractivity contribution in [1.82, 2.24) is 14.6 Å². The highest BCUT2D eigenvalue weighted by Gasteiger charge is 2.48. The lowest BCUT2D eigenvalue weighted by atomic mass is 10.0. The van der Waals surface area contributed by atoms with Gasteiger partial charge in [0.15, 0.2) is 0 Å². The van der Waals surface area contributed by atoms with Crippen molar-refractivity contribution < 1.29 is 32.3 Å². The van der Waals surface area contributed by atoms with Crippen molar-refractivity contribution in [2.75, 3.05) is 19.8 Å². The highest BCUT2D eigenvalue weighted by atomic mass is 32.2. The van der Waals surface area contributed by atoms with Crippen LogP contribution >= 0.6 is 11.3 Å². The Morgan fingerprint density at radius 1 is 1.07 bits per heavy atom. The number of Topliss-reactive ketones (excluding diaryl/α,β-unsaturated/α-hetero) is 1. The number of ether oxygens (including phenoxy) is 2. The summed E-state index contributed by atoms with van der Waals surface area (Å²) in [6.07, 6.45) is 1.36. The molecule has 0 bridgehead atoms. The number of aromatic amines is 1. The molecule has 1 saturated carbocycles. The minimum Gasteiger partial charge on any atom is -0.492 e. The normalized spacial score (nSPS) is 14.4. The van der Waals surface area contributed by atoms with Crippen LogP contribution in [-0.2, 0) is 35.7 Å². The van der Waals surface area contributed by atoms with Gasteiger partial charge in [-0.15, -0.1) is 11.3 Å². The minimum atomic E-state index is -4.36. The van der Waals surface area contributed by atoms with Crippen molar-refractivity contribution >= 4 is 49.9 Å². The predicted molar refractivity (Wildman–Crippen MR) is 168 cm³/mol. The zero-order chi connectivity index (χ0) is 32.2. The molecule has 1 amide bonds. The van der Waals surface area contributed by atoms with Gasteiger partial charge in [-0.1, -0.05) is 24.3 Å². The number of rotatable bonds is 14. The van der Waals surface area contributed by atoms with Crippen LogP contribution < -0.4 is 15.0 Å². The van der Waals surface area contributed by atoms with Gasteiger partial charge in [0.2, 0.25) is 21.5 Å². The number of ketones is 1. The third-order valence-electron chi connectivity index (χ3n) is 7.72. The molecule has 2 aromatic heterocycles. The third-order valence-corrected chi connectivity index (χ3v) is 10.0. The van der Waals surface area contributed by atoms with Crippen molar-refractivity contribution in [2.45, 2.75) is 44.2 Å². The number of thiophene rings is 1. The fourth-order valence-electron chi connectivity index (χ4n) is 4.93. The molecule has 1 aliphatic carbocycles. The topological polar surface area (TPSA) is 152 Å². The Morgan fingerprint density at radius 3 is 2.53 bits per heavy atom. The van der Waals surface area contributed by atoms with Crippen molar-refractivity contribution in [1.29, 1.82) is 0 Å². The van der Waals surface area contributed by atoms with Gasteiger partial charge >= 0.3 is 5.97 Å². The number of nitrogens with zero attached hydrogens (tertiary/aromatic N) is 1. The smallest absolute Gasteiger partial charge is 0.325 e. The maximum atomic E-state index is 14.4. The second kappa shape index (κ2) is 13.3. The first kappa shape index (κ1) is 32.1. The van der Waals surface area contributed by atoms with Gasteiger partial charge in [0.25, 0.3) is 0 Å². The maximum absolute atomic E-state index is 14.4. The first-order valence-corrected chi connectivity index (χ1v) is 16.7. The quantitative estimate of drug-likeness (QED) is 0.195. The SMILES string of the molecule is CCOC(=O)CN(Cc1cccs1)C(=O)[C@H](NS(=O)(=O)c1ccc2[nH]c(=O)ccc2c1)c1ccccc1OCC1(C(C)=O)CC1. The van der Waals surface area contributed by atoms with E-state index in [1.54, 1.807) is 31.2 Å². The summed E-state index contributed by atoms with van der Waals surface area (Å²) in [7, 11) is -4.36. The lowest BCUT2D eigenvalue weighted by Gasteiger charge is -2.28. The van der Waals surface area contributed by atoms with Gasteiger partial charge in [0.05, 0.1) is 23.5 Å². The van der Waals surface area contributed by atoms with E-state index in [1.807, 2.05) is 17.5 Å². The number of H-pyrrole nitrogens is 1. The molecule has 13 heteroatoms. The summed E-state index contributed by atoms with van der Waals surface area (Å²) in [6.45, 7) is 2.98. The summed E-state index contributed by atoms with van der Waals surface area (Å²) in [4.78, 5) is 55.5. The van der Waals surface area contributed by atoms with Crippen LogP contribution in [0.15, 0.2) is 81.8 Å². The summed E-state index contributed by atoms with van der Waals surface area (Å²) in [5, 5.41) is 2.31. The fourth-order valence-corrected chi connectivity index (χ4v) is 6.86. The van der Waals surface area contributed by atoms with Gasteiger partial charge in [-0.2, -0.15) is 4.72 Å². The van der Waals surface area contributed by atoms with E-state index in [0.717, 1.165) is 4.88 Å². The van der Waals surface area contributed by atoms with E-state index >= 15 is 0 Å². The molecule has 2 heterocycles. The number of carbonyl (C=O) groups is 3. The van der Waals surface area contributed by atoms with Gasteiger partial charge in [-0.25, -0.2) is 8.42 Å². The molecule has 236 valence electrons. The molecule has 45 heavy (non-hydrogen) atoms. The van der Waals surface area contributed by atoms with Crippen LogP contribution in [0.1, 0.15) is 43.2 Å². The second-order valence-electron chi connectivity index (χ2n) is 10.9. The number of hydrogen-bond donors (Lipinski definition) is 2. The number of esters is 1. The highest BCUT2D eigenvalue weighted by molar-refractivity contribution is 7.89. The number of aromatic nitrogens is 1. The van der Waals surface area contributed by atoms with Crippen LogP contribution in [0.5, 0.6) is 5.75 Å². The van der Waals surface area contributed by atoms with Gasteiger partial charge in [0, 0.05) is 22.0 Å². The number of hydrogen-bond acceptors (Lipinski definition) is 9. The Labute approximate surface area is 264 Å². The van der Waals surface area contributed by atoms with Crippen LogP contribution in [0.3, 0.4) is 0 Å². The van der Waals surface area contributed by atoms with Gasteiger partial charge in [-0.05, 0) is 73.9 Å². The Kier molecular flexibility index (Phi) is 9.51. The molecule has 0 aliphatic heterocycles. The van der Waals surface area contributed by atoms with Crippen LogP contribution in [0.2, 0.25) is 0 Å². The summed E-state index contributed by atoms with van der Waals surface area (Å²) in [5.74, 6) is -1.11. The van der Waals surface area contributed by atoms with Crippen LogP contribution in [0, 0.1) is 5.41 Å². The largest absolute Gasteiger partial charge is 0.492 e. The molecule has 1 fully saturated rings. The molecule has 0 radical (unpaired) electrons. The number of benzene rings is 2. The molecule has 2 N–H and O–H groups in total. The number of amides is 1. The molecular formula is C32H33N3O8S2. The molecule has 0 unspecified atom stereocenters. The molecule has 4 aromatic rings. The van der Waals surface area contributed by atoms with Crippen LogP contribution in [0.4, 0.5) is 0 Å². The Hall–Kier alpha value is -4.33. The summed E-state index contributed by atoms with van der Waals surface area (Å²) in [5.41, 5.74) is -0.268. The molecule has 0 spiro atoms. The summed E-state index contributed by atoms with van der Waals surface area (Å²) in [6, 6.07) is 15.6. The third kappa shape index (κ3) is 7.49. The standard InChI is InChI=1S/C32H33N3O8S2/c1-3-42-29(38)19-35(18-23-7-6-16-44-23)31(39)30(25-8-4-5-9-27(25)43-20-32(14-15-32)21(2)36)34-45(40,41)24-11-12-26-22(17-24)10-13-28(37)33-26/h4-13,16-17,30,34H,3,14-15,18-20H2,1-2H3,(H,33,37)/t30-/m1/s1. The molecule has 1 atom stereocenters. The number of sulfonamides is 1. The first-order chi connectivity index (χ1) is 21.5. The monoisotopic (exact) mass is 651 g/mol. The van der Waals surface area contributed by atoms with Crippen molar-refractivity contribution in [3.05, 3.63) is 92.9 Å². The molecule has 2 aromatic carbocycles. The number of fused-ring (bicyclic) bond motifs is 1. The highest BCUT2D eigenvalue weighted by Crippen LogP contribution is 2.47. The summed E-state index contributed by atoms with van der Waals surface area (Å²) >= 11 is 1.39. The maximum Gasteiger partial charge on any atom is 0.325 e. The van der Waals surface area contributed by atoms with E-state index in [-0.39, 0.29) is 47.3 Å². The Balaban J connectivity index is 1.55. The van der Waals surface area contributed by atoms with E-state index in [1.165, 1.54) is 53.5 Å². The van der Waals surface area contributed by atoms with Crippen molar-refractivity contribution in [2.24, 2.45) is 5.41 Å². The van der Waals surface area contributed by atoms with Gasteiger partial charge in [-0.3, -0.25) is 19.2 Å². The van der Waals surface area contributed by atoms with Crippen molar-refractivity contribution in [3.63, 3.8) is 0 Å². The average Bonchev–Trinajstić information content (AvgIpc) is 3.65. The molecule has 5 rings (SSSR count). The number of para-hydroxylation sites is 1. The fraction of sp³-hybridized carbons (Fsp3) is 0.312. The van der Waals surface area contributed by atoms with E-state index in [4.69, 9.17) is 9.47 Å². The lowest BCUT2D eigenvalue weighted by Crippen LogP contribution is -2.45. The van der Waals surface area contributed by atoms with E-state index < -0.39 is 39.9 Å². The molecule has 11 nitrogen and oxygen atoms in total. The van der Waals surface area contributed by atoms with Crippen LogP contribution in [-0.4, -0.2) is 55.7 Å². The second-order valence-corrected chi connectivity index (χ2v) is 13.6. The van der Waals surface area contributed by atoms with Crippen molar-refractivity contribution in [3.8, 4) is 5.75 Å². The van der Waals surface area contributed by atoms with Crippen LogP contribution in [0.25, 0.3) is 10.9 Å². The predicted octanol–water partition coefficient (Wildman–Crippen LogP) is 3.95. The zero-order valence-corrected chi connectivity index (χ0v) is 26.4. The average molecular weight is 652 g/mol. The van der Waals surface area contributed by atoms with E-state index in [9.17, 15) is 27.6 Å². The number of carbonyl (C=O) groups excluding carboxylic acids is 3.